The molecule has 0 radical (unpaired) electrons. The first-order chi connectivity index (χ1) is 25.5. The summed E-state index contributed by atoms with van der Waals surface area (Å²) in [6.45, 7) is 9.41. The lowest BCUT2D eigenvalue weighted by Crippen LogP contribution is -2.57. The molecular weight excluding hydrogens is 649 g/mol. The minimum absolute atomic E-state index is 0.0799. The average molecular weight is 693 g/mol. The zero-order chi connectivity index (χ0) is 35.4. The lowest BCUT2D eigenvalue weighted by molar-refractivity contribution is 0.147. The minimum Gasteiger partial charge on any atom is -0.363 e. The second kappa shape index (κ2) is 14.7. The number of piperazine rings is 2. The number of amides is 2. The average Bonchev–Trinajstić information content (AvgIpc) is 3.21. The van der Waals surface area contributed by atoms with Gasteiger partial charge in [0.1, 0.15) is 11.6 Å². The predicted molar refractivity (Wildman–Crippen MR) is 209 cm³/mol. The maximum Gasteiger partial charge on any atom is 0.320 e. The summed E-state index contributed by atoms with van der Waals surface area (Å²) in [6, 6.07) is 37.2. The largest absolute Gasteiger partial charge is 0.363 e. The number of rotatable bonds is 8. The van der Waals surface area contributed by atoms with Gasteiger partial charge in [-0.25, -0.2) is 14.8 Å². The van der Waals surface area contributed by atoms with Gasteiger partial charge in [-0.1, -0.05) is 84.9 Å². The summed E-state index contributed by atoms with van der Waals surface area (Å²) in [4.78, 5) is 41.9. The smallest absolute Gasteiger partial charge is 0.320 e. The minimum atomic E-state index is 0.0799. The molecule has 2 unspecified atom stereocenters. The molecule has 2 fully saturated rings. The van der Waals surface area contributed by atoms with Crippen LogP contribution in [0.5, 0.6) is 0 Å². The molecule has 8 rings (SSSR count). The SMILES string of the molecule is CC(Nc1nc(N2CCN(C(=O)N3CCN(c4nc(NC(C)c5ccccc5)c5ccccc5n4)CC3)CC2)nc2ccccc12)c1ccccc1. The van der Waals surface area contributed by atoms with Gasteiger partial charge < -0.3 is 30.2 Å². The number of nitrogens with one attached hydrogen (secondary N) is 2. The quantitative estimate of drug-likeness (QED) is 0.175. The van der Waals surface area contributed by atoms with E-state index < -0.39 is 0 Å². The van der Waals surface area contributed by atoms with Crippen LogP contribution in [0.25, 0.3) is 21.8 Å². The summed E-state index contributed by atoms with van der Waals surface area (Å²) >= 11 is 0. The fraction of sp³-hybridized carbons (Fsp3) is 0.293. The van der Waals surface area contributed by atoms with E-state index >= 15 is 0 Å². The number of urea groups is 1. The van der Waals surface area contributed by atoms with Gasteiger partial charge in [0.25, 0.3) is 0 Å². The van der Waals surface area contributed by atoms with E-state index in [2.05, 4.69) is 94.9 Å². The van der Waals surface area contributed by atoms with Crippen LogP contribution in [0, 0.1) is 0 Å². The van der Waals surface area contributed by atoms with Crippen LogP contribution in [0.3, 0.4) is 0 Å². The number of hydrogen-bond donors (Lipinski definition) is 2. The molecule has 52 heavy (non-hydrogen) atoms. The second-order valence-corrected chi connectivity index (χ2v) is 13.6. The fourth-order valence-electron chi connectivity index (χ4n) is 7.09. The molecule has 4 heterocycles. The Morgan fingerprint density at radius 3 is 1.27 bits per heavy atom. The molecule has 2 amide bonds. The van der Waals surface area contributed by atoms with E-state index in [4.69, 9.17) is 19.9 Å². The Balaban J connectivity index is 0.905. The third-order valence-corrected chi connectivity index (χ3v) is 10.2. The molecule has 0 spiro atoms. The first-order valence-corrected chi connectivity index (χ1v) is 18.2. The van der Waals surface area contributed by atoms with Gasteiger partial charge in [-0.15, -0.1) is 0 Å². The zero-order valence-electron chi connectivity index (χ0n) is 29.7. The van der Waals surface area contributed by atoms with Crippen molar-refractivity contribution in [3.8, 4) is 0 Å². The fourth-order valence-corrected chi connectivity index (χ4v) is 7.09. The molecule has 2 N–H and O–H groups in total. The van der Waals surface area contributed by atoms with Gasteiger partial charge in [-0.3, -0.25) is 0 Å². The molecule has 2 aliphatic rings. The van der Waals surface area contributed by atoms with Crippen LogP contribution in [0.15, 0.2) is 109 Å². The van der Waals surface area contributed by atoms with Crippen molar-refractivity contribution in [2.45, 2.75) is 25.9 Å². The number of carbonyl (C=O) groups excluding carboxylic acids is 1. The van der Waals surface area contributed by atoms with Crippen LogP contribution in [0.2, 0.25) is 0 Å². The highest BCUT2D eigenvalue weighted by Crippen LogP contribution is 2.29. The number of hydrogen-bond acceptors (Lipinski definition) is 9. The van der Waals surface area contributed by atoms with Crippen molar-refractivity contribution >= 4 is 51.4 Å². The van der Waals surface area contributed by atoms with Crippen molar-refractivity contribution in [3.05, 3.63) is 120 Å². The summed E-state index contributed by atoms with van der Waals surface area (Å²) < 4.78 is 0. The molecule has 264 valence electrons. The number of benzene rings is 4. The molecule has 11 heteroatoms. The van der Waals surface area contributed by atoms with Crippen molar-refractivity contribution in [2.24, 2.45) is 0 Å². The van der Waals surface area contributed by atoms with Gasteiger partial charge in [0.15, 0.2) is 0 Å². The topological polar surface area (TPSA) is 106 Å². The van der Waals surface area contributed by atoms with Crippen LogP contribution < -0.4 is 20.4 Å². The van der Waals surface area contributed by atoms with Crippen LogP contribution >= 0.6 is 0 Å². The van der Waals surface area contributed by atoms with Crippen molar-refractivity contribution in [3.63, 3.8) is 0 Å². The monoisotopic (exact) mass is 692 g/mol. The van der Waals surface area contributed by atoms with Crippen molar-refractivity contribution in [2.75, 3.05) is 72.8 Å². The van der Waals surface area contributed by atoms with Gasteiger partial charge in [0.2, 0.25) is 11.9 Å². The summed E-state index contributed by atoms with van der Waals surface area (Å²) in [7, 11) is 0. The number of aromatic nitrogens is 4. The molecule has 4 aromatic carbocycles. The molecular formula is C41H44N10O. The van der Waals surface area contributed by atoms with E-state index in [-0.39, 0.29) is 18.1 Å². The van der Waals surface area contributed by atoms with Gasteiger partial charge in [0.05, 0.1) is 11.0 Å². The Kier molecular flexibility index (Phi) is 9.39. The molecule has 0 bridgehead atoms. The Bertz CT molecular complexity index is 2000. The predicted octanol–water partition coefficient (Wildman–Crippen LogP) is 6.98. The highest BCUT2D eigenvalue weighted by molar-refractivity contribution is 5.91. The number of anilines is 4. The normalized spacial score (nSPS) is 16.2. The highest BCUT2D eigenvalue weighted by atomic mass is 16.2. The lowest BCUT2D eigenvalue weighted by atomic mass is 10.1. The van der Waals surface area contributed by atoms with Crippen LogP contribution in [-0.2, 0) is 0 Å². The summed E-state index contributed by atoms with van der Waals surface area (Å²) in [5.41, 5.74) is 4.19. The zero-order valence-corrected chi connectivity index (χ0v) is 29.7. The molecule has 6 aromatic rings. The van der Waals surface area contributed by atoms with Gasteiger partial charge in [-0.2, -0.15) is 9.97 Å². The Morgan fingerprint density at radius 1 is 0.500 bits per heavy atom. The first-order valence-electron chi connectivity index (χ1n) is 18.2. The highest BCUT2D eigenvalue weighted by Gasteiger charge is 2.30. The van der Waals surface area contributed by atoms with Crippen LogP contribution in [0.4, 0.5) is 28.3 Å². The Hall–Kier alpha value is -5.97. The lowest BCUT2D eigenvalue weighted by Gasteiger charge is -2.40. The second-order valence-electron chi connectivity index (χ2n) is 13.6. The molecule has 2 atom stereocenters. The van der Waals surface area contributed by atoms with E-state index in [1.54, 1.807) is 0 Å². The van der Waals surface area contributed by atoms with Gasteiger partial charge in [-0.05, 0) is 49.2 Å². The van der Waals surface area contributed by atoms with Crippen molar-refractivity contribution < 1.29 is 4.79 Å². The molecule has 2 aliphatic heterocycles. The maximum absolute atomic E-state index is 13.7. The molecule has 2 aromatic heterocycles. The first kappa shape index (κ1) is 33.2. The van der Waals surface area contributed by atoms with Crippen LogP contribution in [0.1, 0.15) is 37.1 Å². The molecule has 2 saturated heterocycles. The summed E-state index contributed by atoms with van der Waals surface area (Å²) in [5, 5.41) is 9.24. The Labute approximate surface area is 304 Å². The summed E-state index contributed by atoms with van der Waals surface area (Å²) in [5.74, 6) is 3.00. The number of para-hydroxylation sites is 2. The van der Waals surface area contributed by atoms with Crippen molar-refractivity contribution in [1.29, 1.82) is 0 Å². The Morgan fingerprint density at radius 2 is 0.865 bits per heavy atom. The number of nitrogens with zero attached hydrogens (tertiary/aromatic N) is 8. The van der Waals surface area contributed by atoms with Gasteiger partial charge in [0, 0.05) is 75.2 Å². The van der Waals surface area contributed by atoms with Crippen molar-refractivity contribution in [1.82, 2.24) is 29.7 Å². The van der Waals surface area contributed by atoms with E-state index in [0.717, 1.165) is 33.4 Å². The third kappa shape index (κ3) is 6.99. The number of carbonyl (C=O) groups is 1. The molecule has 0 saturated carbocycles. The number of fused-ring (bicyclic) bond motifs is 2. The van der Waals surface area contributed by atoms with E-state index in [9.17, 15) is 4.79 Å². The standard InChI is InChI=1S/C41H44N10O/c1-29(31-13-5-3-6-14-31)42-37-33-17-9-11-19-35(33)44-39(46-37)48-21-25-50(26-22-48)41(52)51-27-23-49(24-28-51)40-45-36-20-12-10-18-34(36)38(47-40)43-30(2)32-15-7-4-8-16-32/h3-20,29-30H,21-28H2,1-2H3,(H,42,44,46)(H,43,45,47). The third-order valence-electron chi connectivity index (χ3n) is 10.2. The van der Waals surface area contributed by atoms with E-state index in [0.29, 0.717) is 64.3 Å². The maximum atomic E-state index is 13.7. The molecule has 11 nitrogen and oxygen atoms in total. The van der Waals surface area contributed by atoms with E-state index in [1.165, 1.54) is 11.1 Å². The van der Waals surface area contributed by atoms with E-state index in [1.807, 2.05) is 58.3 Å². The summed E-state index contributed by atoms with van der Waals surface area (Å²) in [6.07, 6.45) is 0. The van der Waals surface area contributed by atoms with Crippen LogP contribution in [-0.4, -0.2) is 88.1 Å². The molecule has 0 aliphatic carbocycles. The van der Waals surface area contributed by atoms with Gasteiger partial charge >= 0.3 is 6.03 Å².